The summed E-state index contributed by atoms with van der Waals surface area (Å²) in [6, 6.07) is 14.6. The van der Waals surface area contributed by atoms with Crippen molar-refractivity contribution >= 4 is 11.6 Å². The minimum atomic E-state index is 0.167. The predicted octanol–water partition coefficient (Wildman–Crippen LogP) is 6.21. The van der Waals surface area contributed by atoms with Crippen LogP contribution in [0.5, 0.6) is 5.75 Å². The van der Waals surface area contributed by atoms with Gasteiger partial charge < -0.3 is 9.47 Å². The molecule has 3 heteroatoms. The van der Waals surface area contributed by atoms with Gasteiger partial charge in [-0.1, -0.05) is 42.8 Å². The maximum atomic E-state index is 6.47. The number of hydrogen-bond donors (Lipinski definition) is 0. The van der Waals surface area contributed by atoms with Gasteiger partial charge in [0.1, 0.15) is 5.75 Å². The molecule has 2 aromatic carbocycles. The summed E-state index contributed by atoms with van der Waals surface area (Å²) in [5.41, 5.74) is 3.62. The SMILES string of the molecule is CCOc1ccc(Cc2cc(C3OC(C)CCC3C)ccc2Cl)cc1. The maximum Gasteiger partial charge on any atom is 0.119 e. The van der Waals surface area contributed by atoms with Crippen LogP contribution in [0.15, 0.2) is 42.5 Å². The summed E-state index contributed by atoms with van der Waals surface area (Å²) in [7, 11) is 0. The van der Waals surface area contributed by atoms with E-state index in [9.17, 15) is 0 Å². The topological polar surface area (TPSA) is 18.5 Å². The van der Waals surface area contributed by atoms with Crippen molar-refractivity contribution < 1.29 is 9.47 Å². The summed E-state index contributed by atoms with van der Waals surface area (Å²) < 4.78 is 11.7. The zero-order chi connectivity index (χ0) is 17.8. The molecule has 0 bridgehead atoms. The molecule has 2 aromatic rings. The molecule has 1 aliphatic heterocycles. The van der Waals surface area contributed by atoms with Gasteiger partial charge in [-0.25, -0.2) is 0 Å². The molecule has 0 spiro atoms. The fourth-order valence-electron chi connectivity index (χ4n) is 3.51. The predicted molar refractivity (Wildman–Crippen MR) is 104 cm³/mol. The molecule has 134 valence electrons. The summed E-state index contributed by atoms with van der Waals surface area (Å²) >= 11 is 6.47. The minimum Gasteiger partial charge on any atom is -0.494 e. The Balaban J connectivity index is 1.79. The van der Waals surface area contributed by atoms with E-state index in [2.05, 4.69) is 38.1 Å². The van der Waals surface area contributed by atoms with E-state index in [4.69, 9.17) is 21.1 Å². The van der Waals surface area contributed by atoms with Gasteiger partial charge in [0.05, 0.1) is 18.8 Å². The molecule has 0 N–H and O–H groups in total. The first kappa shape index (κ1) is 18.3. The third-order valence-electron chi connectivity index (χ3n) is 4.95. The summed E-state index contributed by atoms with van der Waals surface area (Å²) in [6.07, 6.45) is 3.66. The largest absolute Gasteiger partial charge is 0.494 e. The second kappa shape index (κ2) is 8.25. The van der Waals surface area contributed by atoms with Gasteiger partial charge in [0.15, 0.2) is 0 Å². The van der Waals surface area contributed by atoms with Crippen LogP contribution in [0.3, 0.4) is 0 Å². The highest BCUT2D eigenvalue weighted by Crippen LogP contribution is 2.37. The van der Waals surface area contributed by atoms with Crippen molar-refractivity contribution in [1.82, 2.24) is 0 Å². The smallest absolute Gasteiger partial charge is 0.119 e. The molecule has 1 heterocycles. The molecule has 3 rings (SSSR count). The lowest BCUT2D eigenvalue weighted by Gasteiger charge is -2.34. The highest BCUT2D eigenvalue weighted by Gasteiger charge is 2.27. The number of ether oxygens (including phenoxy) is 2. The van der Waals surface area contributed by atoms with Crippen molar-refractivity contribution in [2.24, 2.45) is 5.92 Å². The Morgan fingerprint density at radius 2 is 1.84 bits per heavy atom. The van der Waals surface area contributed by atoms with Gasteiger partial charge in [-0.3, -0.25) is 0 Å². The van der Waals surface area contributed by atoms with Crippen LogP contribution in [-0.2, 0) is 11.2 Å². The zero-order valence-electron chi connectivity index (χ0n) is 15.3. The van der Waals surface area contributed by atoms with E-state index in [0.717, 1.165) is 29.2 Å². The number of rotatable bonds is 5. The number of hydrogen-bond acceptors (Lipinski definition) is 2. The molecule has 25 heavy (non-hydrogen) atoms. The van der Waals surface area contributed by atoms with E-state index in [0.29, 0.717) is 18.6 Å². The molecule has 0 radical (unpaired) electrons. The lowest BCUT2D eigenvalue weighted by Crippen LogP contribution is -2.26. The van der Waals surface area contributed by atoms with E-state index in [1.807, 2.05) is 25.1 Å². The van der Waals surface area contributed by atoms with Crippen molar-refractivity contribution in [2.75, 3.05) is 6.61 Å². The van der Waals surface area contributed by atoms with Crippen molar-refractivity contribution in [3.05, 3.63) is 64.2 Å². The molecule has 3 unspecified atom stereocenters. The monoisotopic (exact) mass is 358 g/mol. The van der Waals surface area contributed by atoms with E-state index >= 15 is 0 Å². The normalized spacial score (nSPS) is 23.4. The van der Waals surface area contributed by atoms with E-state index in [1.54, 1.807) is 0 Å². The Labute approximate surface area is 156 Å². The van der Waals surface area contributed by atoms with Crippen molar-refractivity contribution in [3.63, 3.8) is 0 Å². The Morgan fingerprint density at radius 1 is 1.08 bits per heavy atom. The van der Waals surface area contributed by atoms with Gasteiger partial charge in [0.25, 0.3) is 0 Å². The summed E-state index contributed by atoms with van der Waals surface area (Å²) in [5, 5.41) is 0.814. The van der Waals surface area contributed by atoms with Crippen molar-refractivity contribution in [1.29, 1.82) is 0 Å². The first-order chi connectivity index (χ1) is 12.1. The van der Waals surface area contributed by atoms with Gasteiger partial charge >= 0.3 is 0 Å². The highest BCUT2D eigenvalue weighted by molar-refractivity contribution is 6.31. The second-order valence-electron chi connectivity index (χ2n) is 7.03. The van der Waals surface area contributed by atoms with E-state index in [-0.39, 0.29) is 6.10 Å². The van der Waals surface area contributed by atoms with Crippen LogP contribution in [0.1, 0.15) is 56.4 Å². The fraction of sp³-hybridized carbons (Fsp3) is 0.455. The Hall–Kier alpha value is -1.51. The van der Waals surface area contributed by atoms with Gasteiger partial charge in [0, 0.05) is 5.02 Å². The summed E-state index contributed by atoms with van der Waals surface area (Å²) in [5.74, 6) is 1.44. The van der Waals surface area contributed by atoms with Gasteiger partial charge in [-0.05, 0) is 73.9 Å². The molecule has 3 atom stereocenters. The van der Waals surface area contributed by atoms with Crippen molar-refractivity contribution in [2.45, 2.75) is 52.2 Å². The number of benzene rings is 2. The zero-order valence-corrected chi connectivity index (χ0v) is 16.1. The van der Waals surface area contributed by atoms with E-state index in [1.165, 1.54) is 17.5 Å². The molecule has 1 fully saturated rings. The summed E-state index contributed by atoms with van der Waals surface area (Å²) in [6.45, 7) is 7.12. The first-order valence-corrected chi connectivity index (χ1v) is 9.60. The van der Waals surface area contributed by atoms with E-state index < -0.39 is 0 Å². The second-order valence-corrected chi connectivity index (χ2v) is 7.43. The van der Waals surface area contributed by atoms with Crippen LogP contribution in [-0.4, -0.2) is 12.7 Å². The maximum absolute atomic E-state index is 6.47. The third-order valence-corrected chi connectivity index (χ3v) is 5.32. The number of halogens is 1. The molecule has 0 amide bonds. The van der Waals surface area contributed by atoms with Crippen LogP contribution < -0.4 is 4.74 Å². The summed E-state index contributed by atoms with van der Waals surface area (Å²) in [4.78, 5) is 0. The lowest BCUT2D eigenvalue weighted by atomic mass is 9.88. The molecule has 2 nitrogen and oxygen atoms in total. The quantitative estimate of drug-likeness (QED) is 0.633. The molecule has 0 saturated carbocycles. The van der Waals surface area contributed by atoms with Crippen LogP contribution >= 0.6 is 11.6 Å². The Kier molecular flexibility index (Phi) is 6.03. The van der Waals surface area contributed by atoms with Gasteiger partial charge in [-0.2, -0.15) is 0 Å². The van der Waals surface area contributed by atoms with Crippen LogP contribution in [0, 0.1) is 5.92 Å². The molecular weight excluding hydrogens is 332 g/mol. The fourth-order valence-corrected chi connectivity index (χ4v) is 3.69. The molecule has 0 aliphatic carbocycles. The van der Waals surface area contributed by atoms with Crippen LogP contribution in [0.2, 0.25) is 5.02 Å². The molecular formula is C22H27ClO2. The lowest BCUT2D eigenvalue weighted by molar-refractivity contribution is -0.0722. The van der Waals surface area contributed by atoms with Gasteiger partial charge in [-0.15, -0.1) is 0 Å². The minimum absolute atomic E-state index is 0.167. The average Bonchev–Trinajstić information content (AvgIpc) is 2.61. The van der Waals surface area contributed by atoms with Crippen molar-refractivity contribution in [3.8, 4) is 5.75 Å². The van der Waals surface area contributed by atoms with Crippen LogP contribution in [0.4, 0.5) is 0 Å². The molecule has 0 aromatic heterocycles. The third kappa shape index (κ3) is 4.56. The Bertz CT molecular complexity index is 696. The average molecular weight is 359 g/mol. The Morgan fingerprint density at radius 3 is 2.56 bits per heavy atom. The van der Waals surface area contributed by atoms with Gasteiger partial charge in [0.2, 0.25) is 0 Å². The van der Waals surface area contributed by atoms with Crippen LogP contribution in [0.25, 0.3) is 0 Å². The molecule has 1 aliphatic rings. The standard InChI is InChI=1S/C22H27ClO2/c1-4-24-20-10-7-17(8-11-20)13-19-14-18(9-12-21(19)23)22-15(2)5-6-16(3)25-22/h7-12,14-16,22H,4-6,13H2,1-3H3. The molecule has 1 saturated heterocycles. The highest BCUT2D eigenvalue weighted by atomic mass is 35.5. The first-order valence-electron chi connectivity index (χ1n) is 9.22.